The van der Waals surface area contributed by atoms with Crippen molar-refractivity contribution < 1.29 is 9.21 Å². The van der Waals surface area contributed by atoms with E-state index in [1.165, 1.54) is 4.68 Å². The maximum Gasteiger partial charge on any atom is 0.291 e. The van der Waals surface area contributed by atoms with Crippen LogP contribution in [0.15, 0.2) is 51.9 Å². The number of amides is 1. The lowest BCUT2D eigenvalue weighted by atomic mass is 10.2. The molecule has 0 saturated heterocycles. The quantitative estimate of drug-likeness (QED) is 0.523. The summed E-state index contributed by atoms with van der Waals surface area (Å²) in [6, 6.07) is 10.1. The van der Waals surface area contributed by atoms with E-state index in [0.29, 0.717) is 34.8 Å². The van der Waals surface area contributed by atoms with E-state index in [9.17, 15) is 9.59 Å². The number of rotatable bonds is 6. The summed E-state index contributed by atoms with van der Waals surface area (Å²) < 4.78 is 8.53. The summed E-state index contributed by atoms with van der Waals surface area (Å²) in [5, 5.41) is 7.98. The molecule has 3 heterocycles. The maximum atomic E-state index is 13.1. The number of benzene rings is 1. The molecular formula is C21H21ClN4O3. The lowest BCUT2D eigenvalue weighted by Gasteiger charge is -2.18. The van der Waals surface area contributed by atoms with E-state index in [-0.39, 0.29) is 18.0 Å². The molecule has 1 atom stereocenters. The first kappa shape index (κ1) is 19.3. The number of hydrogen-bond donors (Lipinski definition) is 1. The summed E-state index contributed by atoms with van der Waals surface area (Å²) in [4.78, 5) is 26.0. The maximum absolute atomic E-state index is 13.1. The Morgan fingerprint density at radius 2 is 2.03 bits per heavy atom. The third kappa shape index (κ3) is 3.31. The third-order valence-electron chi connectivity index (χ3n) is 5.04. The molecule has 0 spiro atoms. The van der Waals surface area contributed by atoms with Gasteiger partial charge in [0.15, 0.2) is 5.58 Å². The number of furan rings is 1. The highest BCUT2D eigenvalue weighted by molar-refractivity contribution is 6.31. The molecule has 4 aromatic rings. The first-order valence-corrected chi connectivity index (χ1v) is 9.94. The van der Waals surface area contributed by atoms with Gasteiger partial charge in [0, 0.05) is 30.1 Å². The topological polar surface area (TPSA) is 81.5 Å². The summed E-state index contributed by atoms with van der Waals surface area (Å²) >= 11 is 6.17. The van der Waals surface area contributed by atoms with Crippen molar-refractivity contribution in [3.05, 3.63) is 69.4 Å². The second kappa shape index (κ2) is 7.75. The molecule has 0 aliphatic heterocycles. The lowest BCUT2D eigenvalue weighted by Crippen LogP contribution is -2.39. The first-order chi connectivity index (χ1) is 14.0. The standard InChI is InChI=1S/C21H21ClN4O3/c1-3-15(20(27)23-12-13-7-5-6-8-14(13)22)26-21(28)17-11-18-16(9-10-29-18)25(17)19(4-2)24-26/h5-11,15H,3-4,12H2,1-2H3,(H,23,27). The fourth-order valence-electron chi connectivity index (χ4n) is 3.54. The molecule has 1 N–H and O–H groups in total. The Hall–Kier alpha value is -3.06. The van der Waals surface area contributed by atoms with Crippen LogP contribution >= 0.6 is 11.6 Å². The van der Waals surface area contributed by atoms with E-state index in [2.05, 4.69) is 10.4 Å². The van der Waals surface area contributed by atoms with Crippen LogP contribution in [0.2, 0.25) is 5.02 Å². The number of aryl methyl sites for hydroxylation is 1. The van der Waals surface area contributed by atoms with E-state index >= 15 is 0 Å². The molecule has 150 valence electrons. The number of hydrogen-bond acceptors (Lipinski definition) is 4. The Morgan fingerprint density at radius 3 is 2.76 bits per heavy atom. The van der Waals surface area contributed by atoms with Crippen molar-refractivity contribution in [1.29, 1.82) is 0 Å². The minimum atomic E-state index is -0.721. The fourth-order valence-corrected chi connectivity index (χ4v) is 3.75. The third-order valence-corrected chi connectivity index (χ3v) is 5.41. The van der Waals surface area contributed by atoms with Gasteiger partial charge in [-0.05, 0) is 18.1 Å². The summed E-state index contributed by atoms with van der Waals surface area (Å²) in [6.45, 7) is 4.10. The molecule has 0 radical (unpaired) electrons. The van der Waals surface area contributed by atoms with Crippen molar-refractivity contribution in [3.63, 3.8) is 0 Å². The van der Waals surface area contributed by atoms with Gasteiger partial charge < -0.3 is 9.73 Å². The van der Waals surface area contributed by atoms with Crippen LogP contribution in [0.3, 0.4) is 0 Å². The highest BCUT2D eigenvalue weighted by atomic mass is 35.5. The highest BCUT2D eigenvalue weighted by Gasteiger charge is 2.24. The lowest BCUT2D eigenvalue weighted by molar-refractivity contribution is -0.125. The van der Waals surface area contributed by atoms with Crippen LogP contribution in [0.4, 0.5) is 0 Å². The SMILES string of the molecule is CCc1nn(C(CC)C(=O)NCc2ccccc2Cl)c(=O)c2cc3occc3n12. The predicted octanol–water partition coefficient (Wildman–Crippen LogP) is 3.73. The first-order valence-electron chi connectivity index (χ1n) is 9.56. The molecule has 29 heavy (non-hydrogen) atoms. The van der Waals surface area contributed by atoms with E-state index in [0.717, 1.165) is 11.1 Å². The van der Waals surface area contributed by atoms with Crippen molar-refractivity contribution >= 4 is 34.1 Å². The van der Waals surface area contributed by atoms with Gasteiger partial charge >= 0.3 is 0 Å². The van der Waals surface area contributed by atoms with Crippen molar-refractivity contribution in [2.45, 2.75) is 39.3 Å². The average molecular weight is 413 g/mol. The van der Waals surface area contributed by atoms with Gasteiger partial charge in [0.2, 0.25) is 5.91 Å². The molecule has 7 nitrogen and oxygen atoms in total. The number of halogens is 1. The average Bonchev–Trinajstić information content (AvgIpc) is 3.31. The van der Waals surface area contributed by atoms with E-state index in [1.807, 2.05) is 32.0 Å². The number of aromatic nitrogens is 3. The molecule has 3 aromatic heterocycles. The van der Waals surface area contributed by atoms with Crippen LogP contribution < -0.4 is 10.9 Å². The zero-order valence-electron chi connectivity index (χ0n) is 16.2. The molecule has 1 aromatic carbocycles. The van der Waals surface area contributed by atoms with Crippen LogP contribution in [0.1, 0.15) is 37.7 Å². The zero-order chi connectivity index (χ0) is 20.5. The van der Waals surface area contributed by atoms with Gasteiger partial charge in [-0.2, -0.15) is 5.10 Å². The van der Waals surface area contributed by atoms with Gasteiger partial charge in [-0.3, -0.25) is 14.0 Å². The van der Waals surface area contributed by atoms with E-state index < -0.39 is 6.04 Å². The van der Waals surface area contributed by atoms with Crippen LogP contribution in [0, 0.1) is 0 Å². The minimum absolute atomic E-state index is 0.274. The van der Waals surface area contributed by atoms with Gasteiger partial charge in [-0.25, -0.2) is 4.68 Å². The molecule has 0 saturated carbocycles. The fraction of sp³-hybridized carbons (Fsp3) is 0.286. The second-order valence-corrected chi connectivity index (χ2v) is 7.20. The van der Waals surface area contributed by atoms with Gasteiger partial charge in [0.05, 0.1) is 11.8 Å². The number of fused-ring (bicyclic) bond motifs is 3. The molecule has 0 fully saturated rings. The van der Waals surface area contributed by atoms with Gasteiger partial charge in [-0.1, -0.05) is 43.6 Å². The van der Waals surface area contributed by atoms with Crippen LogP contribution in [0.5, 0.6) is 0 Å². The van der Waals surface area contributed by atoms with Crippen molar-refractivity contribution in [1.82, 2.24) is 19.5 Å². The van der Waals surface area contributed by atoms with Crippen molar-refractivity contribution in [3.8, 4) is 0 Å². The zero-order valence-corrected chi connectivity index (χ0v) is 16.9. The Morgan fingerprint density at radius 1 is 1.24 bits per heavy atom. The van der Waals surface area contributed by atoms with Crippen LogP contribution in [-0.2, 0) is 17.8 Å². The smallest absolute Gasteiger partial charge is 0.291 e. The van der Waals surface area contributed by atoms with E-state index in [1.54, 1.807) is 28.9 Å². The summed E-state index contributed by atoms with van der Waals surface area (Å²) in [6.07, 6.45) is 2.61. The molecule has 0 bridgehead atoms. The summed E-state index contributed by atoms with van der Waals surface area (Å²) in [5.74, 6) is 0.414. The van der Waals surface area contributed by atoms with Gasteiger partial charge in [-0.15, -0.1) is 0 Å². The van der Waals surface area contributed by atoms with Gasteiger partial charge in [0.1, 0.15) is 17.4 Å². The number of carbonyl (C=O) groups excluding carboxylic acids is 1. The summed E-state index contributed by atoms with van der Waals surface area (Å²) in [7, 11) is 0. The number of nitrogens with one attached hydrogen (secondary N) is 1. The molecular weight excluding hydrogens is 392 g/mol. The van der Waals surface area contributed by atoms with E-state index in [4.69, 9.17) is 16.0 Å². The monoisotopic (exact) mass is 412 g/mol. The molecule has 4 rings (SSSR count). The Balaban J connectivity index is 1.71. The Labute approximate surface area is 171 Å². The van der Waals surface area contributed by atoms with Crippen LogP contribution in [0.25, 0.3) is 16.6 Å². The summed E-state index contributed by atoms with van der Waals surface area (Å²) in [5.41, 5.74) is 2.35. The normalized spacial score (nSPS) is 12.5. The van der Waals surface area contributed by atoms with Crippen LogP contribution in [-0.4, -0.2) is 20.1 Å². The molecule has 0 aliphatic carbocycles. The molecule has 0 aliphatic rings. The van der Waals surface area contributed by atoms with Crippen molar-refractivity contribution in [2.24, 2.45) is 0 Å². The van der Waals surface area contributed by atoms with Crippen molar-refractivity contribution in [2.75, 3.05) is 0 Å². The minimum Gasteiger partial charge on any atom is -0.463 e. The highest BCUT2D eigenvalue weighted by Crippen LogP contribution is 2.22. The largest absolute Gasteiger partial charge is 0.463 e. The molecule has 8 heteroatoms. The Kier molecular flexibility index (Phi) is 5.15. The number of carbonyl (C=O) groups is 1. The Bertz CT molecular complexity index is 1250. The molecule has 1 amide bonds. The second-order valence-electron chi connectivity index (χ2n) is 6.79. The predicted molar refractivity (Wildman–Crippen MR) is 111 cm³/mol. The van der Waals surface area contributed by atoms with Gasteiger partial charge in [0.25, 0.3) is 5.56 Å². The molecule has 1 unspecified atom stereocenters. The number of nitrogens with zero attached hydrogens (tertiary/aromatic N) is 3.